The van der Waals surface area contributed by atoms with Gasteiger partial charge in [0.05, 0.1) is 28.3 Å². The van der Waals surface area contributed by atoms with Gasteiger partial charge in [-0.15, -0.1) is 0 Å². The van der Waals surface area contributed by atoms with Gasteiger partial charge in [0.2, 0.25) is 5.91 Å². The number of para-hydroxylation sites is 2. The Morgan fingerprint density at radius 3 is 2.53 bits per heavy atom. The minimum atomic E-state index is -0.212. The van der Waals surface area contributed by atoms with Crippen LogP contribution < -0.4 is 4.90 Å². The number of benzene rings is 2. The number of rotatable bonds is 3. The highest BCUT2D eigenvalue weighted by Gasteiger charge is 2.48. The van der Waals surface area contributed by atoms with Gasteiger partial charge in [0.25, 0.3) is 0 Å². The average molecular weight is 397 g/mol. The van der Waals surface area contributed by atoms with E-state index in [1.165, 1.54) is 11.1 Å². The molecule has 1 amide bonds. The highest BCUT2D eigenvalue weighted by molar-refractivity contribution is 5.98. The molecular formula is C24H23N5O. The van der Waals surface area contributed by atoms with Crippen molar-refractivity contribution in [2.45, 2.75) is 25.8 Å². The van der Waals surface area contributed by atoms with Crippen LogP contribution in [0.5, 0.6) is 0 Å². The fourth-order valence-corrected chi connectivity index (χ4v) is 5.04. The van der Waals surface area contributed by atoms with Gasteiger partial charge in [0.15, 0.2) is 0 Å². The second-order valence-electron chi connectivity index (χ2n) is 8.57. The van der Waals surface area contributed by atoms with Crippen LogP contribution in [0.3, 0.4) is 0 Å². The maximum atomic E-state index is 13.4. The van der Waals surface area contributed by atoms with Gasteiger partial charge < -0.3 is 9.80 Å². The fourth-order valence-electron chi connectivity index (χ4n) is 5.04. The molecule has 3 aliphatic heterocycles. The van der Waals surface area contributed by atoms with Crippen molar-refractivity contribution in [2.75, 3.05) is 24.5 Å². The Morgan fingerprint density at radius 1 is 0.933 bits per heavy atom. The molecule has 0 N–H and O–H groups in total. The summed E-state index contributed by atoms with van der Waals surface area (Å²) in [4.78, 5) is 31.3. The van der Waals surface area contributed by atoms with Crippen LogP contribution in [0.25, 0.3) is 11.0 Å². The van der Waals surface area contributed by atoms with E-state index >= 15 is 0 Å². The van der Waals surface area contributed by atoms with Gasteiger partial charge in [-0.05, 0) is 43.0 Å². The summed E-state index contributed by atoms with van der Waals surface area (Å²) in [5, 5.41) is 0. The molecule has 3 aromatic rings. The van der Waals surface area contributed by atoms with Gasteiger partial charge in [-0.25, -0.2) is 4.98 Å². The molecule has 2 saturated heterocycles. The van der Waals surface area contributed by atoms with Crippen molar-refractivity contribution in [1.82, 2.24) is 14.9 Å². The topological polar surface area (TPSA) is 61.7 Å². The number of amides is 1. The van der Waals surface area contributed by atoms with Crippen molar-refractivity contribution >= 4 is 34.7 Å². The van der Waals surface area contributed by atoms with Crippen LogP contribution in [0.2, 0.25) is 0 Å². The summed E-state index contributed by atoms with van der Waals surface area (Å²) in [7, 11) is 0. The van der Waals surface area contributed by atoms with Crippen molar-refractivity contribution in [3.05, 3.63) is 59.8 Å². The molecule has 6 heteroatoms. The van der Waals surface area contributed by atoms with Gasteiger partial charge in [-0.3, -0.25) is 14.8 Å². The Hall–Kier alpha value is -3.28. The Bertz CT molecular complexity index is 1180. The summed E-state index contributed by atoms with van der Waals surface area (Å²) < 4.78 is 0. The average Bonchev–Trinajstić information content (AvgIpc) is 3.05. The number of hydrogen-bond acceptors (Lipinski definition) is 5. The summed E-state index contributed by atoms with van der Waals surface area (Å²) >= 11 is 0. The Morgan fingerprint density at radius 2 is 1.73 bits per heavy atom. The number of aliphatic imine (C=N–C) groups is 1. The molecule has 6 nitrogen and oxygen atoms in total. The Balaban J connectivity index is 1.16. The van der Waals surface area contributed by atoms with E-state index < -0.39 is 0 Å². The molecule has 0 bridgehead atoms. The van der Waals surface area contributed by atoms with Crippen LogP contribution in [0.15, 0.2) is 53.7 Å². The van der Waals surface area contributed by atoms with Crippen LogP contribution in [0.4, 0.5) is 11.5 Å². The van der Waals surface area contributed by atoms with Crippen molar-refractivity contribution in [1.29, 1.82) is 0 Å². The minimum Gasteiger partial charge on any atom is -0.355 e. The van der Waals surface area contributed by atoms with Crippen molar-refractivity contribution in [3.63, 3.8) is 0 Å². The summed E-state index contributed by atoms with van der Waals surface area (Å²) in [6, 6.07) is 14.1. The summed E-state index contributed by atoms with van der Waals surface area (Å²) in [6.07, 6.45) is 6.48. The third-order valence-electron chi connectivity index (χ3n) is 6.95. The van der Waals surface area contributed by atoms with E-state index in [2.05, 4.69) is 20.9 Å². The van der Waals surface area contributed by atoms with Gasteiger partial charge in [0.1, 0.15) is 5.82 Å². The maximum Gasteiger partial charge on any atom is 0.229 e. The molecule has 30 heavy (non-hydrogen) atoms. The number of carbonyl (C=O) groups excluding carboxylic acids is 1. The zero-order chi connectivity index (χ0) is 20.1. The quantitative estimate of drug-likeness (QED) is 0.529. The SMILES string of the molecule is O=C1N(Cc2cccc3c2C=N3)CCC12CCN(c1cnc3ccccc3n1)CC2. The first-order chi connectivity index (χ1) is 14.7. The third kappa shape index (κ3) is 2.70. The summed E-state index contributed by atoms with van der Waals surface area (Å²) in [5.74, 6) is 1.23. The van der Waals surface area contributed by atoms with E-state index in [9.17, 15) is 4.79 Å². The number of hydrogen-bond donors (Lipinski definition) is 0. The molecule has 0 atom stereocenters. The highest BCUT2D eigenvalue weighted by Crippen LogP contribution is 2.43. The molecule has 1 spiro atoms. The monoisotopic (exact) mass is 397 g/mol. The third-order valence-corrected chi connectivity index (χ3v) is 6.95. The number of nitrogens with zero attached hydrogens (tertiary/aromatic N) is 5. The van der Waals surface area contributed by atoms with Crippen LogP contribution in [-0.4, -0.2) is 46.6 Å². The first-order valence-electron chi connectivity index (χ1n) is 10.6. The molecule has 150 valence electrons. The molecule has 4 heterocycles. The van der Waals surface area contributed by atoms with Gasteiger partial charge in [-0.1, -0.05) is 24.3 Å². The van der Waals surface area contributed by atoms with E-state index in [0.717, 1.165) is 61.4 Å². The normalized spacial score (nSPS) is 19.4. The molecule has 0 radical (unpaired) electrons. The maximum absolute atomic E-state index is 13.4. The summed E-state index contributed by atoms with van der Waals surface area (Å²) in [6.45, 7) is 3.23. The molecule has 1 aromatic heterocycles. The molecular weight excluding hydrogens is 374 g/mol. The fraction of sp³-hybridized carbons (Fsp3) is 0.333. The van der Waals surface area contributed by atoms with Crippen LogP contribution >= 0.6 is 0 Å². The molecule has 2 fully saturated rings. The number of aromatic nitrogens is 2. The van der Waals surface area contributed by atoms with E-state index in [0.29, 0.717) is 12.5 Å². The standard InChI is InChI=1S/C24H23N5O/c30-23-24(10-13-29(23)16-17-4-3-7-19-18(17)14-25-19)8-11-28(12-9-24)22-15-26-20-5-1-2-6-21(20)27-22/h1-7,14-15H,8-13,16H2. The molecule has 3 aliphatic rings. The molecule has 0 unspecified atom stereocenters. The van der Waals surface area contributed by atoms with Crippen molar-refractivity contribution in [3.8, 4) is 0 Å². The Kier molecular flexibility index (Phi) is 3.88. The van der Waals surface area contributed by atoms with Crippen LogP contribution in [-0.2, 0) is 11.3 Å². The molecule has 0 saturated carbocycles. The zero-order valence-corrected chi connectivity index (χ0v) is 16.8. The van der Waals surface area contributed by atoms with E-state index in [1.54, 1.807) is 0 Å². The smallest absolute Gasteiger partial charge is 0.229 e. The number of carbonyl (C=O) groups is 1. The lowest BCUT2D eigenvalue weighted by Crippen LogP contribution is -2.45. The van der Waals surface area contributed by atoms with E-state index in [1.807, 2.05) is 53.7 Å². The number of anilines is 1. The lowest BCUT2D eigenvalue weighted by molar-refractivity contribution is -0.137. The predicted octanol–water partition coefficient (Wildman–Crippen LogP) is 3.71. The van der Waals surface area contributed by atoms with Gasteiger partial charge >= 0.3 is 0 Å². The minimum absolute atomic E-state index is 0.212. The molecule has 2 aromatic carbocycles. The second kappa shape index (κ2) is 6.62. The second-order valence-corrected chi connectivity index (χ2v) is 8.57. The highest BCUT2D eigenvalue weighted by atomic mass is 16.2. The predicted molar refractivity (Wildman–Crippen MR) is 117 cm³/mol. The first kappa shape index (κ1) is 17.6. The van der Waals surface area contributed by atoms with E-state index in [4.69, 9.17) is 4.98 Å². The van der Waals surface area contributed by atoms with E-state index in [-0.39, 0.29) is 5.41 Å². The zero-order valence-electron chi connectivity index (χ0n) is 16.8. The van der Waals surface area contributed by atoms with Crippen LogP contribution in [0.1, 0.15) is 30.4 Å². The van der Waals surface area contributed by atoms with Crippen molar-refractivity contribution in [2.24, 2.45) is 10.4 Å². The number of fused-ring (bicyclic) bond motifs is 2. The summed E-state index contributed by atoms with van der Waals surface area (Å²) in [5.41, 5.74) is 5.06. The number of piperidine rings is 1. The van der Waals surface area contributed by atoms with Crippen molar-refractivity contribution < 1.29 is 4.79 Å². The molecule has 6 rings (SSSR count). The lowest BCUT2D eigenvalue weighted by Gasteiger charge is -2.38. The largest absolute Gasteiger partial charge is 0.355 e. The first-order valence-corrected chi connectivity index (χ1v) is 10.6. The van der Waals surface area contributed by atoms with Crippen LogP contribution in [0, 0.1) is 5.41 Å². The van der Waals surface area contributed by atoms with Gasteiger partial charge in [0, 0.05) is 38.0 Å². The molecule has 0 aliphatic carbocycles. The lowest BCUT2D eigenvalue weighted by atomic mass is 9.77. The number of likely N-dealkylation sites (tertiary alicyclic amines) is 1. The Labute approximate surface area is 175 Å². The van der Waals surface area contributed by atoms with Gasteiger partial charge in [-0.2, -0.15) is 0 Å².